The topological polar surface area (TPSA) is 28.2 Å². The molecule has 104 valence electrons. The summed E-state index contributed by atoms with van der Waals surface area (Å²) in [6.45, 7) is 5.28. The Labute approximate surface area is 120 Å². The number of nitrogens with one attached hydrogen (secondary N) is 1. The van der Waals surface area contributed by atoms with Crippen LogP contribution in [-0.2, 0) is 13.0 Å². The number of anilines is 2. The Balaban J connectivity index is 2.01. The van der Waals surface area contributed by atoms with Crippen LogP contribution in [0.1, 0.15) is 23.6 Å². The van der Waals surface area contributed by atoms with Crippen molar-refractivity contribution in [3.63, 3.8) is 0 Å². The number of para-hydroxylation sites is 1. The summed E-state index contributed by atoms with van der Waals surface area (Å²) in [6, 6.07) is 11.3. The van der Waals surface area contributed by atoms with E-state index in [-0.39, 0.29) is 0 Å². The van der Waals surface area contributed by atoms with Gasteiger partial charge in [-0.3, -0.25) is 0 Å². The molecule has 1 aliphatic heterocycles. The second kappa shape index (κ2) is 5.25. The SMILES string of the molecule is CNCc1cnc(N2c3ccccc3CC2C)c(C)c1. The first-order valence-electron chi connectivity index (χ1n) is 7.18. The molecule has 2 aromatic rings. The number of rotatable bonds is 3. The van der Waals surface area contributed by atoms with Gasteiger partial charge < -0.3 is 10.2 Å². The molecule has 1 aromatic heterocycles. The first-order valence-corrected chi connectivity index (χ1v) is 7.18. The van der Waals surface area contributed by atoms with Crippen LogP contribution in [0.4, 0.5) is 11.5 Å². The maximum Gasteiger partial charge on any atom is 0.136 e. The van der Waals surface area contributed by atoms with Gasteiger partial charge in [0.1, 0.15) is 5.82 Å². The van der Waals surface area contributed by atoms with Crippen molar-refractivity contribution in [3.8, 4) is 0 Å². The number of hydrogen-bond acceptors (Lipinski definition) is 3. The largest absolute Gasteiger partial charge is 0.323 e. The smallest absolute Gasteiger partial charge is 0.136 e. The van der Waals surface area contributed by atoms with Crippen molar-refractivity contribution in [2.24, 2.45) is 0 Å². The lowest BCUT2D eigenvalue weighted by molar-refractivity contribution is 0.745. The lowest BCUT2D eigenvalue weighted by atomic mass is 10.1. The monoisotopic (exact) mass is 267 g/mol. The molecule has 3 nitrogen and oxygen atoms in total. The van der Waals surface area contributed by atoms with Gasteiger partial charge in [0, 0.05) is 24.5 Å². The van der Waals surface area contributed by atoms with Gasteiger partial charge in [-0.25, -0.2) is 4.98 Å². The summed E-state index contributed by atoms with van der Waals surface area (Å²) in [5, 5.41) is 3.17. The molecule has 0 radical (unpaired) electrons. The highest BCUT2D eigenvalue weighted by molar-refractivity contribution is 5.70. The third-order valence-corrected chi connectivity index (χ3v) is 3.92. The summed E-state index contributed by atoms with van der Waals surface area (Å²) in [5.41, 5.74) is 5.19. The third kappa shape index (κ3) is 2.18. The van der Waals surface area contributed by atoms with Crippen LogP contribution in [-0.4, -0.2) is 18.1 Å². The summed E-state index contributed by atoms with van der Waals surface area (Å²) < 4.78 is 0. The van der Waals surface area contributed by atoms with Gasteiger partial charge in [0.05, 0.1) is 0 Å². The third-order valence-electron chi connectivity index (χ3n) is 3.92. The number of aryl methyl sites for hydroxylation is 1. The van der Waals surface area contributed by atoms with Gasteiger partial charge in [0.15, 0.2) is 0 Å². The summed E-state index contributed by atoms with van der Waals surface area (Å²) in [5.74, 6) is 1.09. The van der Waals surface area contributed by atoms with Crippen LogP contribution in [0.5, 0.6) is 0 Å². The predicted octanol–water partition coefficient (Wildman–Crippen LogP) is 3.19. The summed E-state index contributed by atoms with van der Waals surface area (Å²) >= 11 is 0. The van der Waals surface area contributed by atoms with E-state index in [2.05, 4.69) is 54.4 Å². The Morgan fingerprint density at radius 3 is 2.90 bits per heavy atom. The Morgan fingerprint density at radius 1 is 1.35 bits per heavy atom. The minimum atomic E-state index is 0.466. The normalized spacial score (nSPS) is 17.4. The molecule has 0 bridgehead atoms. The average Bonchev–Trinajstić information content (AvgIpc) is 2.76. The molecule has 3 rings (SSSR count). The molecule has 3 heteroatoms. The summed E-state index contributed by atoms with van der Waals surface area (Å²) in [7, 11) is 1.96. The number of fused-ring (bicyclic) bond motifs is 1. The Hall–Kier alpha value is -1.87. The lowest BCUT2D eigenvalue weighted by Crippen LogP contribution is -2.25. The van der Waals surface area contributed by atoms with E-state index in [1.54, 1.807) is 0 Å². The summed E-state index contributed by atoms with van der Waals surface area (Å²) in [4.78, 5) is 7.08. The quantitative estimate of drug-likeness (QED) is 0.925. The predicted molar refractivity (Wildman–Crippen MR) is 83.5 cm³/mol. The van der Waals surface area contributed by atoms with Crippen LogP contribution < -0.4 is 10.2 Å². The van der Waals surface area contributed by atoms with Crippen LogP contribution in [0.3, 0.4) is 0 Å². The molecule has 1 unspecified atom stereocenters. The average molecular weight is 267 g/mol. The van der Waals surface area contributed by atoms with Crippen LogP contribution in [0.15, 0.2) is 36.5 Å². The van der Waals surface area contributed by atoms with E-state index < -0.39 is 0 Å². The van der Waals surface area contributed by atoms with Crippen molar-refractivity contribution in [2.45, 2.75) is 32.9 Å². The zero-order valence-electron chi connectivity index (χ0n) is 12.4. The highest BCUT2D eigenvalue weighted by Gasteiger charge is 2.28. The molecule has 1 N–H and O–H groups in total. The van der Waals surface area contributed by atoms with Gasteiger partial charge in [-0.1, -0.05) is 18.2 Å². The molecule has 0 aliphatic carbocycles. The number of benzene rings is 1. The molecule has 0 saturated carbocycles. The molecule has 1 aliphatic rings. The molecule has 0 saturated heterocycles. The molecule has 2 heterocycles. The van der Waals surface area contributed by atoms with Gasteiger partial charge in [-0.2, -0.15) is 0 Å². The van der Waals surface area contributed by atoms with E-state index in [1.165, 1.54) is 22.4 Å². The maximum atomic E-state index is 4.71. The van der Waals surface area contributed by atoms with E-state index >= 15 is 0 Å². The van der Waals surface area contributed by atoms with Gasteiger partial charge in [-0.15, -0.1) is 0 Å². The van der Waals surface area contributed by atoms with Crippen molar-refractivity contribution in [2.75, 3.05) is 11.9 Å². The van der Waals surface area contributed by atoms with Gasteiger partial charge in [-0.05, 0) is 56.1 Å². The van der Waals surface area contributed by atoms with Gasteiger partial charge >= 0.3 is 0 Å². The van der Waals surface area contributed by atoms with Crippen LogP contribution in [0.25, 0.3) is 0 Å². The van der Waals surface area contributed by atoms with Crippen molar-refractivity contribution < 1.29 is 0 Å². The standard InChI is InChI=1S/C17H21N3/c1-12-8-14(10-18-3)11-19-17(12)20-13(2)9-15-6-4-5-7-16(15)20/h4-8,11,13,18H,9-10H2,1-3H3. The first kappa shape index (κ1) is 13.1. The fourth-order valence-electron chi connectivity index (χ4n) is 3.07. The van der Waals surface area contributed by atoms with E-state index in [9.17, 15) is 0 Å². The van der Waals surface area contributed by atoms with E-state index in [4.69, 9.17) is 4.98 Å². The lowest BCUT2D eigenvalue weighted by Gasteiger charge is -2.25. The van der Waals surface area contributed by atoms with E-state index in [0.717, 1.165) is 18.8 Å². The van der Waals surface area contributed by atoms with Crippen LogP contribution >= 0.6 is 0 Å². The Bertz CT molecular complexity index is 621. The minimum absolute atomic E-state index is 0.466. The van der Waals surface area contributed by atoms with Crippen LogP contribution in [0.2, 0.25) is 0 Å². The molecule has 0 fully saturated rings. The number of pyridine rings is 1. The Morgan fingerprint density at radius 2 is 2.15 bits per heavy atom. The maximum absolute atomic E-state index is 4.71. The van der Waals surface area contributed by atoms with Crippen molar-refractivity contribution in [1.82, 2.24) is 10.3 Å². The zero-order valence-corrected chi connectivity index (χ0v) is 12.4. The summed E-state index contributed by atoms with van der Waals surface area (Å²) in [6.07, 6.45) is 3.07. The van der Waals surface area contributed by atoms with Gasteiger partial charge in [0.25, 0.3) is 0 Å². The molecule has 1 aromatic carbocycles. The molecule has 0 amide bonds. The van der Waals surface area contributed by atoms with Crippen molar-refractivity contribution in [3.05, 3.63) is 53.2 Å². The number of aromatic nitrogens is 1. The fourth-order valence-corrected chi connectivity index (χ4v) is 3.07. The van der Waals surface area contributed by atoms with Crippen LogP contribution in [0, 0.1) is 6.92 Å². The van der Waals surface area contributed by atoms with Crippen molar-refractivity contribution >= 4 is 11.5 Å². The Kier molecular flexibility index (Phi) is 3.45. The molecule has 1 atom stereocenters. The molecule has 20 heavy (non-hydrogen) atoms. The van der Waals surface area contributed by atoms with Gasteiger partial charge in [0.2, 0.25) is 0 Å². The minimum Gasteiger partial charge on any atom is -0.323 e. The molecular formula is C17H21N3. The highest BCUT2D eigenvalue weighted by atomic mass is 15.2. The second-order valence-electron chi connectivity index (χ2n) is 5.57. The molecule has 0 spiro atoms. The highest BCUT2D eigenvalue weighted by Crippen LogP contribution is 2.38. The molecular weight excluding hydrogens is 246 g/mol. The zero-order chi connectivity index (χ0) is 14.1. The van der Waals surface area contributed by atoms with E-state index in [1.807, 2.05) is 13.2 Å². The first-order chi connectivity index (χ1) is 9.70. The van der Waals surface area contributed by atoms with Crippen molar-refractivity contribution in [1.29, 1.82) is 0 Å². The van der Waals surface area contributed by atoms with E-state index in [0.29, 0.717) is 6.04 Å². The second-order valence-corrected chi connectivity index (χ2v) is 5.57. The fraction of sp³-hybridized carbons (Fsp3) is 0.353. The number of hydrogen-bond donors (Lipinski definition) is 1. The number of nitrogens with zero attached hydrogens (tertiary/aromatic N) is 2.